The molecule has 0 aromatic carbocycles. The second-order valence-corrected chi connectivity index (χ2v) is 6.19. The molecule has 6 nitrogen and oxygen atoms in total. The normalized spacial score (nSPS) is 10.8. The summed E-state index contributed by atoms with van der Waals surface area (Å²) < 4.78 is 1.88. The van der Waals surface area contributed by atoms with Gasteiger partial charge in [-0.25, -0.2) is 9.78 Å². The number of fused-ring (bicyclic) bond motifs is 1. The summed E-state index contributed by atoms with van der Waals surface area (Å²) in [6.45, 7) is 4.21. The van der Waals surface area contributed by atoms with Crippen LogP contribution >= 0.6 is 11.6 Å². The largest absolute Gasteiger partial charge is 0.322 e. The number of anilines is 1. The monoisotopic (exact) mass is 343 g/mol. The minimum atomic E-state index is -0.197. The van der Waals surface area contributed by atoms with Crippen molar-refractivity contribution in [2.75, 3.05) is 12.4 Å². The smallest absolute Gasteiger partial charge is 0.321 e. The van der Waals surface area contributed by atoms with Crippen molar-refractivity contribution in [2.45, 2.75) is 20.4 Å². The van der Waals surface area contributed by atoms with Crippen LogP contribution in [0.1, 0.15) is 17.1 Å². The highest BCUT2D eigenvalue weighted by Crippen LogP contribution is 2.15. The van der Waals surface area contributed by atoms with E-state index in [0.29, 0.717) is 11.6 Å². The lowest BCUT2D eigenvalue weighted by Gasteiger charge is -2.18. The molecule has 3 rings (SSSR count). The maximum atomic E-state index is 12.4. The van der Waals surface area contributed by atoms with E-state index < -0.39 is 0 Å². The lowest BCUT2D eigenvalue weighted by Crippen LogP contribution is -2.31. The number of rotatable bonds is 3. The van der Waals surface area contributed by atoms with Gasteiger partial charge in [0, 0.05) is 30.3 Å². The Morgan fingerprint density at radius 1 is 1.29 bits per heavy atom. The van der Waals surface area contributed by atoms with E-state index in [2.05, 4.69) is 15.3 Å². The zero-order valence-corrected chi connectivity index (χ0v) is 14.5. The first-order valence-electron chi connectivity index (χ1n) is 7.51. The van der Waals surface area contributed by atoms with Gasteiger partial charge in [-0.3, -0.25) is 4.98 Å². The van der Waals surface area contributed by atoms with Crippen molar-refractivity contribution in [3.05, 3.63) is 58.8 Å². The number of halogens is 1. The van der Waals surface area contributed by atoms with E-state index in [9.17, 15) is 4.79 Å². The van der Waals surface area contributed by atoms with Gasteiger partial charge in [0.2, 0.25) is 0 Å². The molecule has 0 spiro atoms. The highest BCUT2D eigenvalue weighted by Gasteiger charge is 2.13. The topological polar surface area (TPSA) is 62.5 Å². The number of urea groups is 1. The maximum absolute atomic E-state index is 12.4. The summed E-state index contributed by atoms with van der Waals surface area (Å²) in [5, 5.41) is 3.51. The molecule has 124 valence electrons. The maximum Gasteiger partial charge on any atom is 0.321 e. The van der Waals surface area contributed by atoms with Crippen molar-refractivity contribution in [1.82, 2.24) is 19.3 Å². The SMILES string of the molecule is Cc1cc(NC(=O)N(C)Cc2cnc3ccc(Cl)cn23)cc(C)n1. The third-order valence-corrected chi connectivity index (χ3v) is 3.85. The first-order valence-corrected chi connectivity index (χ1v) is 7.89. The van der Waals surface area contributed by atoms with Crippen molar-refractivity contribution in [3.63, 3.8) is 0 Å². The van der Waals surface area contributed by atoms with E-state index in [1.165, 1.54) is 0 Å². The predicted octanol–water partition coefficient (Wildman–Crippen LogP) is 3.66. The third kappa shape index (κ3) is 3.49. The second-order valence-electron chi connectivity index (χ2n) is 5.75. The molecule has 3 heterocycles. The van der Waals surface area contributed by atoms with Crippen LogP contribution in [-0.4, -0.2) is 32.3 Å². The first kappa shape index (κ1) is 16.3. The van der Waals surface area contributed by atoms with Gasteiger partial charge in [0.1, 0.15) is 5.65 Å². The minimum Gasteiger partial charge on any atom is -0.322 e. The molecule has 24 heavy (non-hydrogen) atoms. The van der Waals surface area contributed by atoms with Gasteiger partial charge < -0.3 is 14.6 Å². The molecule has 2 amide bonds. The van der Waals surface area contributed by atoms with Crippen LogP contribution in [0.15, 0.2) is 36.7 Å². The van der Waals surface area contributed by atoms with E-state index in [1.807, 2.05) is 36.4 Å². The fourth-order valence-corrected chi connectivity index (χ4v) is 2.72. The van der Waals surface area contributed by atoms with Gasteiger partial charge in [0.05, 0.1) is 23.5 Å². The molecule has 0 unspecified atom stereocenters. The number of nitrogens with one attached hydrogen (secondary N) is 1. The highest BCUT2D eigenvalue weighted by molar-refractivity contribution is 6.30. The number of nitrogens with zero attached hydrogens (tertiary/aromatic N) is 4. The zero-order chi connectivity index (χ0) is 17.3. The summed E-state index contributed by atoms with van der Waals surface area (Å²) in [5.41, 5.74) is 4.14. The summed E-state index contributed by atoms with van der Waals surface area (Å²) in [7, 11) is 1.74. The Balaban J connectivity index is 1.74. The predicted molar refractivity (Wildman–Crippen MR) is 94.4 cm³/mol. The Labute approximate surface area is 145 Å². The third-order valence-electron chi connectivity index (χ3n) is 3.62. The number of imidazole rings is 1. The Bertz CT molecular complexity index is 885. The number of pyridine rings is 2. The summed E-state index contributed by atoms with van der Waals surface area (Å²) in [6, 6.07) is 7.11. The fraction of sp³-hybridized carbons (Fsp3) is 0.235. The van der Waals surface area contributed by atoms with Gasteiger partial charge >= 0.3 is 6.03 Å². The number of hydrogen-bond donors (Lipinski definition) is 1. The summed E-state index contributed by atoms with van der Waals surface area (Å²) in [6.07, 6.45) is 3.54. The highest BCUT2D eigenvalue weighted by atomic mass is 35.5. The van der Waals surface area contributed by atoms with Gasteiger partial charge in [-0.15, -0.1) is 0 Å². The molecule has 0 aliphatic carbocycles. The molecular weight excluding hydrogens is 326 g/mol. The lowest BCUT2D eigenvalue weighted by molar-refractivity contribution is 0.220. The molecular formula is C17H18ClN5O. The van der Waals surface area contributed by atoms with Gasteiger partial charge in [0.15, 0.2) is 0 Å². The van der Waals surface area contributed by atoms with E-state index in [1.54, 1.807) is 30.4 Å². The molecule has 7 heteroatoms. The molecule has 0 aliphatic heterocycles. The number of hydrogen-bond acceptors (Lipinski definition) is 3. The fourth-order valence-electron chi connectivity index (χ4n) is 2.56. The van der Waals surface area contributed by atoms with Crippen LogP contribution in [0.5, 0.6) is 0 Å². The van der Waals surface area contributed by atoms with Crippen LogP contribution in [0.25, 0.3) is 5.65 Å². The number of carbonyl (C=O) groups is 1. The average Bonchev–Trinajstić information content (AvgIpc) is 2.88. The van der Waals surface area contributed by atoms with Gasteiger partial charge in [-0.1, -0.05) is 11.6 Å². The molecule has 0 radical (unpaired) electrons. The molecule has 0 fully saturated rings. The quantitative estimate of drug-likeness (QED) is 0.789. The summed E-state index contributed by atoms with van der Waals surface area (Å²) in [5.74, 6) is 0. The van der Waals surface area contributed by atoms with E-state index in [4.69, 9.17) is 11.6 Å². The number of carbonyl (C=O) groups excluding carboxylic acids is 1. The molecule has 3 aromatic rings. The van der Waals surface area contributed by atoms with Crippen molar-refractivity contribution in [2.24, 2.45) is 0 Å². The van der Waals surface area contributed by atoms with Crippen molar-refractivity contribution in [1.29, 1.82) is 0 Å². The van der Waals surface area contributed by atoms with E-state index >= 15 is 0 Å². The summed E-state index contributed by atoms with van der Waals surface area (Å²) in [4.78, 5) is 22.6. The van der Waals surface area contributed by atoms with Crippen LogP contribution < -0.4 is 5.32 Å². The summed E-state index contributed by atoms with van der Waals surface area (Å²) >= 11 is 6.04. The second kappa shape index (κ2) is 6.49. The van der Waals surface area contributed by atoms with Crippen LogP contribution in [0.4, 0.5) is 10.5 Å². The van der Waals surface area contributed by atoms with Crippen LogP contribution in [0.2, 0.25) is 5.02 Å². The van der Waals surface area contributed by atoms with Gasteiger partial charge in [0.25, 0.3) is 0 Å². The molecule has 0 aliphatic rings. The average molecular weight is 344 g/mol. The van der Waals surface area contributed by atoms with Crippen molar-refractivity contribution < 1.29 is 4.79 Å². The first-order chi connectivity index (χ1) is 11.4. The van der Waals surface area contributed by atoms with Crippen LogP contribution in [0, 0.1) is 13.8 Å². The van der Waals surface area contributed by atoms with Crippen molar-refractivity contribution in [3.8, 4) is 0 Å². The van der Waals surface area contributed by atoms with Crippen molar-refractivity contribution >= 4 is 29.0 Å². The van der Waals surface area contributed by atoms with Gasteiger partial charge in [-0.2, -0.15) is 0 Å². The van der Waals surface area contributed by atoms with Gasteiger partial charge in [-0.05, 0) is 38.1 Å². The Morgan fingerprint density at radius 2 is 2.00 bits per heavy atom. The standard InChI is InChI=1S/C17H18ClN5O/c1-11-6-14(7-12(2)20-11)21-17(24)22(3)10-15-8-19-16-5-4-13(18)9-23(15)16/h4-9H,10H2,1-3H3,(H,20,21,24). The Hall–Kier alpha value is -2.60. The van der Waals surface area contributed by atoms with E-state index in [0.717, 1.165) is 28.4 Å². The minimum absolute atomic E-state index is 0.197. The number of aryl methyl sites for hydroxylation is 2. The molecule has 0 atom stereocenters. The molecule has 0 bridgehead atoms. The molecule has 3 aromatic heterocycles. The number of aromatic nitrogens is 3. The molecule has 0 saturated carbocycles. The zero-order valence-electron chi connectivity index (χ0n) is 13.7. The Kier molecular flexibility index (Phi) is 4.40. The molecule has 1 N–H and O–H groups in total. The lowest BCUT2D eigenvalue weighted by atomic mass is 10.3. The van der Waals surface area contributed by atoms with Crippen LogP contribution in [-0.2, 0) is 6.54 Å². The van der Waals surface area contributed by atoms with Crippen LogP contribution in [0.3, 0.4) is 0 Å². The number of amides is 2. The van der Waals surface area contributed by atoms with E-state index in [-0.39, 0.29) is 6.03 Å². The Morgan fingerprint density at radius 3 is 2.71 bits per heavy atom. The molecule has 0 saturated heterocycles.